The molecule has 4 nitrogen and oxygen atoms in total. The second-order valence-electron chi connectivity index (χ2n) is 5.37. The number of carbonyl (C=O) groups is 2. The van der Waals surface area contributed by atoms with Gasteiger partial charge in [-0.1, -0.05) is 27.2 Å². The molecule has 112 valence electrons. The van der Waals surface area contributed by atoms with Gasteiger partial charge in [0, 0.05) is 12.8 Å². The number of hydrogen-bond donors (Lipinski definition) is 0. The van der Waals surface area contributed by atoms with Gasteiger partial charge in [0.05, 0.1) is 12.7 Å². The highest BCUT2D eigenvalue weighted by atomic mass is 16.5. The Morgan fingerprint density at radius 3 is 2.11 bits per heavy atom. The quantitative estimate of drug-likeness (QED) is 0.451. The van der Waals surface area contributed by atoms with E-state index in [0.29, 0.717) is 38.2 Å². The van der Waals surface area contributed by atoms with Gasteiger partial charge in [0.25, 0.3) is 0 Å². The third-order valence-corrected chi connectivity index (χ3v) is 2.62. The average molecular weight is 272 g/mol. The first-order valence-corrected chi connectivity index (χ1v) is 7.30. The molecule has 0 aliphatic rings. The van der Waals surface area contributed by atoms with Crippen molar-refractivity contribution in [3.63, 3.8) is 0 Å². The minimum absolute atomic E-state index is 0.00601. The van der Waals surface area contributed by atoms with Gasteiger partial charge in [-0.25, -0.2) is 0 Å². The van der Waals surface area contributed by atoms with Crippen molar-refractivity contribution in [2.45, 2.75) is 72.3 Å². The summed E-state index contributed by atoms with van der Waals surface area (Å²) in [4.78, 5) is 22.8. The van der Waals surface area contributed by atoms with E-state index >= 15 is 0 Å². The fourth-order valence-electron chi connectivity index (χ4n) is 1.62. The molecule has 0 spiro atoms. The van der Waals surface area contributed by atoms with E-state index in [1.807, 2.05) is 20.8 Å². The summed E-state index contributed by atoms with van der Waals surface area (Å²) in [6.45, 7) is 8.44. The molecule has 1 atom stereocenters. The Labute approximate surface area is 116 Å². The fourth-order valence-corrected chi connectivity index (χ4v) is 1.62. The first-order valence-electron chi connectivity index (χ1n) is 7.30. The van der Waals surface area contributed by atoms with E-state index in [9.17, 15) is 9.59 Å². The van der Waals surface area contributed by atoms with Crippen LogP contribution in [0.25, 0.3) is 0 Å². The lowest BCUT2D eigenvalue weighted by Gasteiger charge is -2.11. The molecule has 0 heterocycles. The highest BCUT2D eigenvalue weighted by molar-refractivity contribution is 5.70. The highest BCUT2D eigenvalue weighted by Gasteiger charge is 2.09. The van der Waals surface area contributed by atoms with Crippen molar-refractivity contribution >= 4 is 11.9 Å². The zero-order valence-electron chi connectivity index (χ0n) is 12.7. The van der Waals surface area contributed by atoms with Gasteiger partial charge in [-0.15, -0.1) is 0 Å². The summed E-state index contributed by atoms with van der Waals surface area (Å²) in [5.74, 6) is 0.0110. The smallest absolute Gasteiger partial charge is 0.306 e. The van der Waals surface area contributed by atoms with E-state index in [4.69, 9.17) is 9.47 Å². The molecule has 0 N–H and O–H groups in total. The van der Waals surface area contributed by atoms with Crippen molar-refractivity contribution in [3.8, 4) is 0 Å². The third kappa shape index (κ3) is 11.7. The van der Waals surface area contributed by atoms with Crippen molar-refractivity contribution < 1.29 is 19.1 Å². The van der Waals surface area contributed by atoms with E-state index in [-0.39, 0.29) is 18.0 Å². The molecule has 0 aliphatic carbocycles. The van der Waals surface area contributed by atoms with Crippen molar-refractivity contribution in [1.82, 2.24) is 0 Å². The summed E-state index contributed by atoms with van der Waals surface area (Å²) in [6, 6.07) is 0. The van der Waals surface area contributed by atoms with Crippen LogP contribution in [-0.4, -0.2) is 24.6 Å². The van der Waals surface area contributed by atoms with Gasteiger partial charge in [0.1, 0.15) is 0 Å². The molecule has 0 saturated carbocycles. The Balaban J connectivity index is 3.52. The topological polar surface area (TPSA) is 52.6 Å². The van der Waals surface area contributed by atoms with Crippen LogP contribution in [0.3, 0.4) is 0 Å². The number of esters is 2. The highest BCUT2D eigenvalue weighted by Crippen LogP contribution is 2.07. The summed E-state index contributed by atoms with van der Waals surface area (Å²) < 4.78 is 10.3. The molecule has 0 saturated heterocycles. The van der Waals surface area contributed by atoms with Gasteiger partial charge in [-0.2, -0.15) is 0 Å². The summed E-state index contributed by atoms with van der Waals surface area (Å²) in [6.07, 6.45) is 4.01. The van der Waals surface area contributed by atoms with Gasteiger partial charge >= 0.3 is 11.9 Å². The molecule has 0 aromatic heterocycles. The molecule has 1 unspecified atom stereocenters. The zero-order chi connectivity index (χ0) is 14.7. The molecule has 4 heteroatoms. The van der Waals surface area contributed by atoms with Crippen LogP contribution in [0.5, 0.6) is 0 Å². The predicted octanol–water partition coefficient (Wildman–Crippen LogP) is 3.48. The minimum atomic E-state index is -0.179. The Morgan fingerprint density at radius 2 is 1.58 bits per heavy atom. The second-order valence-corrected chi connectivity index (χ2v) is 5.37. The minimum Gasteiger partial charge on any atom is -0.465 e. The van der Waals surface area contributed by atoms with E-state index in [0.717, 1.165) is 12.8 Å². The van der Waals surface area contributed by atoms with E-state index in [1.54, 1.807) is 0 Å². The number of hydrogen-bond acceptors (Lipinski definition) is 4. The summed E-state index contributed by atoms with van der Waals surface area (Å²) >= 11 is 0. The Bertz CT molecular complexity index is 261. The first kappa shape index (κ1) is 17.9. The van der Waals surface area contributed by atoms with Crippen LogP contribution in [0.1, 0.15) is 66.2 Å². The monoisotopic (exact) mass is 272 g/mol. The molecule has 0 rings (SSSR count). The second kappa shape index (κ2) is 10.8. The molecular formula is C15H28O4. The molecule has 0 aromatic carbocycles. The van der Waals surface area contributed by atoms with Crippen LogP contribution in [0.15, 0.2) is 0 Å². The van der Waals surface area contributed by atoms with Gasteiger partial charge in [-0.3, -0.25) is 9.59 Å². The SMILES string of the molecule is CCCC(C)OC(=O)CCCCC(=O)OCC(C)C. The number of rotatable bonds is 10. The molecule has 0 aliphatic heterocycles. The van der Waals surface area contributed by atoms with E-state index < -0.39 is 0 Å². The molecule has 0 radical (unpaired) electrons. The third-order valence-electron chi connectivity index (χ3n) is 2.62. The Kier molecular flexibility index (Phi) is 10.2. The molecule has 19 heavy (non-hydrogen) atoms. The molecule has 0 bridgehead atoms. The Morgan fingerprint density at radius 1 is 1.00 bits per heavy atom. The largest absolute Gasteiger partial charge is 0.465 e. The zero-order valence-corrected chi connectivity index (χ0v) is 12.7. The van der Waals surface area contributed by atoms with Crippen LogP contribution in [0.4, 0.5) is 0 Å². The van der Waals surface area contributed by atoms with E-state index in [1.165, 1.54) is 0 Å². The van der Waals surface area contributed by atoms with Crippen molar-refractivity contribution in [2.75, 3.05) is 6.61 Å². The summed E-state index contributed by atoms with van der Waals surface area (Å²) in [5.41, 5.74) is 0. The standard InChI is InChI=1S/C15H28O4/c1-5-8-13(4)19-15(17)10-7-6-9-14(16)18-11-12(2)3/h12-13H,5-11H2,1-4H3. The van der Waals surface area contributed by atoms with Gasteiger partial charge in [0.15, 0.2) is 0 Å². The number of ether oxygens (including phenoxy) is 2. The number of unbranched alkanes of at least 4 members (excludes halogenated alkanes) is 1. The van der Waals surface area contributed by atoms with Crippen molar-refractivity contribution in [2.24, 2.45) is 5.92 Å². The average Bonchev–Trinajstić information content (AvgIpc) is 2.32. The summed E-state index contributed by atoms with van der Waals surface area (Å²) in [5, 5.41) is 0. The van der Waals surface area contributed by atoms with Gasteiger partial charge in [-0.05, 0) is 32.1 Å². The van der Waals surface area contributed by atoms with E-state index in [2.05, 4.69) is 6.92 Å². The van der Waals surface area contributed by atoms with Crippen LogP contribution in [0, 0.1) is 5.92 Å². The van der Waals surface area contributed by atoms with Crippen LogP contribution >= 0.6 is 0 Å². The number of carbonyl (C=O) groups excluding carboxylic acids is 2. The van der Waals surface area contributed by atoms with Crippen LogP contribution in [0.2, 0.25) is 0 Å². The lowest BCUT2D eigenvalue weighted by atomic mass is 10.2. The predicted molar refractivity (Wildman–Crippen MR) is 74.7 cm³/mol. The maximum atomic E-state index is 11.4. The maximum absolute atomic E-state index is 11.4. The van der Waals surface area contributed by atoms with Crippen molar-refractivity contribution in [3.05, 3.63) is 0 Å². The van der Waals surface area contributed by atoms with Crippen LogP contribution in [-0.2, 0) is 19.1 Å². The first-order chi connectivity index (χ1) is 8.95. The normalized spacial score (nSPS) is 12.3. The van der Waals surface area contributed by atoms with Gasteiger partial charge < -0.3 is 9.47 Å². The molecular weight excluding hydrogens is 244 g/mol. The Hall–Kier alpha value is -1.06. The lowest BCUT2D eigenvalue weighted by Crippen LogP contribution is -2.14. The molecule has 0 aromatic rings. The van der Waals surface area contributed by atoms with Gasteiger partial charge in [0.2, 0.25) is 0 Å². The maximum Gasteiger partial charge on any atom is 0.306 e. The molecule has 0 fully saturated rings. The molecule has 0 amide bonds. The summed E-state index contributed by atoms with van der Waals surface area (Å²) in [7, 11) is 0. The van der Waals surface area contributed by atoms with Crippen molar-refractivity contribution in [1.29, 1.82) is 0 Å². The van der Waals surface area contributed by atoms with Crippen LogP contribution < -0.4 is 0 Å². The fraction of sp³-hybridized carbons (Fsp3) is 0.867. The lowest BCUT2D eigenvalue weighted by molar-refractivity contribution is -0.149.